The van der Waals surface area contributed by atoms with Crippen molar-refractivity contribution < 1.29 is 18.7 Å². The number of hydrogen-bond donors (Lipinski definition) is 1. The Labute approximate surface area is 158 Å². The molecule has 3 rings (SSSR count). The molecular formula is C21H25NO5. The van der Waals surface area contributed by atoms with Crippen LogP contribution in [-0.4, -0.2) is 38.4 Å². The van der Waals surface area contributed by atoms with Gasteiger partial charge in [0.25, 0.3) is 5.91 Å². The zero-order valence-electron chi connectivity index (χ0n) is 15.7. The van der Waals surface area contributed by atoms with Crippen LogP contribution in [-0.2, 0) is 22.3 Å². The lowest BCUT2D eigenvalue weighted by Crippen LogP contribution is -2.51. The third-order valence-corrected chi connectivity index (χ3v) is 4.84. The highest BCUT2D eigenvalue weighted by Crippen LogP contribution is 2.14. The van der Waals surface area contributed by atoms with Gasteiger partial charge in [0, 0.05) is 20.1 Å². The molecule has 0 saturated carbocycles. The van der Waals surface area contributed by atoms with Crippen molar-refractivity contribution in [3.05, 3.63) is 69.3 Å². The van der Waals surface area contributed by atoms with Gasteiger partial charge in [0.15, 0.2) is 0 Å². The zero-order chi connectivity index (χ0) is 19.2. The molecule has 2 atom stereocenters. The predicted molar refractivity (Wildman–Crippen MR) is 101 cm³/mol. The Morgan fingerprint density at radius 2 is 2.04 bits per heavy atom. The van der Waals surface area contributed by atoms with Crippen LogP contribution in [0.4, 0.5) is 0 Å². The maximum absolute atomic E-state index is 12.6. The molecule has 1 fully saturated rings. The molecule has 27 heavy (non-hydrogen) atoms. The van der Waals surface area contributed by atoms with Gasteiger partial charge in [-0.3, -0.25) is 4.79 Å². The van der Waals surface area contributed by atoms with Crippen molar-refractivity contribution in [2.24, 2.45) is 0 Å². The molecule has 0 unspecified atom stereocenters. The van der Waals surface area contributed by atoms with Crippen LogP contribution in [0.2, 0.25) is 0 Å². The summed E-state index contributed by atoms with van der Waals surface area (Å²) in [4.78, 5) is 25.0. The van der Waals surface area contributed by atoms with Gasteiger partial charge in [-0.25, -0.2) is 4.79 Å². The van der Waals surface area contributed by atoms with E-state index in [1.165, 1.54) is 5.56 Å². The highest BCUT2D eigenvalue weighted by atomic mass is 16.5. The second-order valence-corrected chi connectivity index (χ2v) is 6.76. The molecule has 1 aromatic heterocycles. The highest BCUT2D eigenvalue weighted by molar-refractivity contribution is 5.95. The Morgan fingerprint density at radius 1 is 1.26 bits per heavy atom. The summed E-state index contributed by atoms with van der Waals surface area (Å²) in [7, 11) is 1.61. The lowest BCUT2D eigenvalue weighted by molar-refractivity contribution is -0.0349. The fourth-order valence-electron chi connectivity index (χ4n) is 3.36. The molecule has 6 heteroatoms. The third-order valence-electron chi connectivity index (χ3n) is 4.84. The number of amides is 1. The molecular weight excluding hydrogens is 346 g/mol. The normalized spacial score (nSPS) is 19.6. The van der Waals surface area contributed by atoms with Crippen LogP contribution in [0.5, 0.6) is 0 Å². The number of carbonyl (C=O) groups is 1. The second-order valence-electron chi connectivity index (χ2n) is 6.76. The lowest BCUT2D eigenvalue weighted by Gasteiger charge is -2.31. The standard InChI is InChI=1S/C21H25NO5/c1-14-12-16(9-8-15-6-4-3-5-7-15)27-21(24)19(14)20(23)22-17-13-26-11-10-18(17)25-2/h3-7,12,17-18H,8-11,13H2,1-2H3,(H,22,23)/t17-,18-/m1/s1. The van der Waals surface area contributed by atoms with Crippen LogP contribution in [0.3, 0.4) is 0 Å². The SMILES string of the molecule is CO[C@@H]1CCOC[C@H]1NC(=O)c1c(C)cc(CCc2ccccc2)oc1=O. The van der Waals surface area contributed by atoms with Crippen molar-refractivity contribution >= 4 is 5.91 Å². The topological polar surface area (TPSA) is 77.8 Å². The summed E-state index contributed by atoms with van der Waals surface area (Å²) < 4.78 is 16.2. The first-order chi connectivity index (χ1) is 13.1. The van der Waals surface area contributed by atoms with Crippen LogP contribution in [0.15, 0.2) is 45.6 Å². The molecule has 1 aromatic carbocycles. The summed E-state index contributed by atoms with van der Waals surface area (Å²) in [5.41, 5.74) is 1.21. The second kappa shape index (κ2) is 8.97. The lowest BCUT2D eigenvalue weighted by atomic mass is 10.0. The van der Waals surface area contributed by atoms with Gasteiger partial charge < -0.3 is 19.2 Å². The first-order valence-corrected chi connectivity index (χ1v) is 9.17. The molecule has 1 aliphatic heterocycles. The monoisotopic (exact) mass is 371 g/mol. The quantitative estimate of drug-likeness (QED) is 0.843. The van der Waals surface area contributed by atoms with E-state index >= 15 is 0 Å². The predicted octanol–water partition coefficient (Wildman–Crippen LogP) is 2.27. The minimum atomic E-state index is -0.610. The molecule has 1 saturated heterocycles. The van der Waals surface area contributed by atoms with Gasteiger partial charge in [-0.1, -0.05) is 30.3 Å². The van der Waals surface area contributed by atoms with Gasteiger partial charge in [-0.2, -0.15) is 0 Å². The van der Waals surface area contributed by atoms with Crippen molar-refractivity contribution in [1.82, 2.24) is 5.32 Å². The Morgan fingerprint density at radius 3 is 2.74 bits per heavy atom. The van der Waals surface area contributed by atoms with Gasteiger partial charge in [-0.15, -0.1) is 0 Å². The molecule has 1 amide bonds. The van der Waals surface area contributed by atoms with E-state index in [2.05, 4.69) is 5.32 Å². The summed E-state index contributed by atoms with van der Waals surface area (Å²) in [6.45, 7) is 2.72. The van der Waals surface area contributed by atoms with Gasteiger partial charge in [-0.05, 0) is 37.0 Å². The number of ether oxygens (including phenoxy) is 2. The van der Waals surface area contributed by atoms with E-state index in [1.54, 1.807) is 20.1 Å². The molecule has 0 radical (unpaired) electrons. The first kappa shape index (κ1) is 19.3. The van der Waals surface area contributed by atoms with Crippen LogP contribution >= 0.6 is 0 Å². The largest absolute Gasteiger partial charge is 0.427 e. The van der Waals surface area contributed by atoms with E-state index in [4.69, 9.17) is 13.9 Å². The zero-order valence-corrected chi connectivity index (χ0v) is 15.7. The average molecular weight is 371 g/mol. The van der Waals surface area contributed by atoms with Crippen molar-refractivity contribution in [2.75, 3.05) is 20.3 Å². The van der Waals surface area contributed by atoms with Crippen LogP contribution in [0, 0.1) is 6.92 Å². The maximum atomic E-state index is 12.6. The van der Waals surface area contributed by atoms with Gasteiger partial charge >= 0.3 is 5.63 Å². The third kappa shape index (κ3) is 4.84. The summed E-state index contributed by atoms with van der Waals surface area (Å²) in [6.07, 6.45) is 1.95. The average Bonchev–Trinajstić information content (AvgIpc) is 2.67. The number of rotatable bonds is 6. The van der Waals surface area contributed by atoms with E-state index < -0.39 is 11.5 Å². The molecule has 1 N–H and O–H groups in total. The maximum Gasteiger partial charge on any atom is 0.349 e. The molecule has 6 nitrogen and oxygen atoms in total. The Kier molecular flexibility index (Phi) is 6.42. The minimum absolute atomic E-state index is 0.0406. The molecule has 144 valence electrons. The smallest absolute Gasteiger partial charge is 0.349 e. The Bertz CT molecular complexity index is 830. The van der Waals surface area contributed by atoms with Gasteiger partial charge in [0.2, 0.25) is 0 Å². The number of methoxy groups -OCH3 is 1. The van der Waals surface area contributed by atoms with E-state index in [1.807, 2.05) is 30.3 Å². The van der Waals surface area contributed by atoms with Crippen LogP contribution < -0.4 is 10.9 Å². The van der Waals surface area contributed by atoms with Crippen molar-refractivity contribution in [2.45, 2.75) is 38.3 Å². The molecule has 1 aliphatic rings. The Balaban J connectivity index is 1.70. The number of benzene rings is 1. The van der Waals surface area contributed by atoms with Crippen LogP contribution in [0.1, 0.15) is 33.7 Å². The summed E-state index contributed by atoms with van der Waals surface area (Å²) >= 11 is 0. The fraction of sp³-hybridized carbons (Fsp3) is 0.429. The summed E-state index contributed by atoms with van der Waals surface area (Å²) in [6, 6.07) is 11.5. The van der Waals surface area contributed by atoms with Crippen molar-refractivity contribution in [3.8, 4) is 0 Å². The summed E-state index contributed by atoms with van der Waals surface area (Å²) in [5, 5.41) is 2.85. The molecule has 2 heterocycles. The van der Waals surface area contributed by atoms with E-state index in [0.717, 1.165) is 6.42 Å². The molecule has 2 aromatic rings. The number of aryl methyl sites for hydroxylation is 3. The van der Waals surface area contributed by atoms with E-state index in [9.17, 15) is 9.59 Å². The Hall–Kier alpha value is -2.44. The molecule has 0 spiro atoms. The van der Waals surface area contributed by atoms with Gasteiger partial charge in [0.05, 0.1) is 18.8 Å². The van der Waals surface area contributed by atoms with Gasteiger partial charge in [0.1, 0.15) is 11.3 Å². The number of nitrogens with one attached hydrogen (secondary N) is 1. The number of hydrogen-bond acceptors (Lipinski definition) is 5. The summed E-state index contributed by atoms with van der Waals surface area (Å²) in [5.74, 6) is 0.127. The highest BCUT2D eigenvalue weighted by Gasteiger charge is 2.29. The number of carbonyl (C=O) groups excluding carboxylic acids is 1. The van der Waals surface area contributed by atoms with Crippen molar-refractivity contribution in [1.29, 1.82) is 0 Å². The fourth-order valence-corrected chi connectivity index (χ4v) is 3.36. The molecule has 0 bridgehead atoms. The van der Waals surface area contributed by atoms with E-state index in [0.29, 0.717) is 37.4 Å². The van der Waals surface area contributed by atoms with Crippen molar-refractivity contribution in [3.63, 3.8) is 0 Å². The van der Waals surface area contributed by atoms with Crippen LogP contribution in [0.25, 0.3) is 0 Å². The first-order valence-electron chi connectivity index (χ1n) is 9.17. The molecule has 0 aliphatic carbocycles. The minimum Gasteiger partial charge on any atom is -0.427 e. The van der Waals surface area contributed by atoms with E-state index in [-0.39, 0.29) is 17.7 Å².